The number of rotatable bonds is 10. The summed E-state index contributed by atoms with van der Waals surface area (Å²) in [6.07, 6.45) is 3.21. The Kier molecular flexibility index (Phi) is 11.6. The van der Waals surface area contributed by atoms with Gasteiger partial charge in [-0.25, -0.2) is 19.6 Å². The second-order valence-corrected chi connectivity index (χ2v) is 16.6. The number of H-pyrrole nitrogens is 2. The predicted molar refractivity (Wildman–Crippen MR) is 219 cm³/mol. The lowest BCUT2D eigenvalue weighted by atomic mass is 9.90. The lowest BCUT2D eigenvalue weighted by Crippen LogP contribution is -2.54. The Morgan fingerprint density at radius 1 is 0.729 bits per heavy atom. The first-order valence-corrected chi connectivity index (χ1v) is 20.8. The molecule has 15 nitrogen and oxygen atoms in total. The van der Waals surface area contributed by atoms with Gasteiger partial charge in [0, 0.05) is 36.4 Å². The minimum Gasteiger partial charge on any atom is -0.453 e. The van der Waals surface area contributed by atoms with E-state index in [9.17, 15) is 19.2 Å². The van der Waals surface area contributed by atoms with Gasteiger partial charge >= 0.3 is 12.2 Å². The zero-order valence-electron chi connectivity index (χ0n) is 33.3. The molecule has 1 saturated carbocycles. The number of amides is 4. The quantitative estimate of drug-likeness (QED) is 0.130. The Bertz CT molecular complexity index is 2210. The molecule has 5 heterocycles. The number of benzene rings is 2. The van der Waals surface area contributed by atoms with E-state index in [-0.39, 0.29) is 41.9 Å². The summed E-state index contributed by atoms with van der Waals surface area (Å²) in [5.41, 5.74) is 4.78. The van der Waals surface area contributed by atoms with E-state index in [1.807, 2.05) is 65.3 Å². The monoisotopic (exact) mass is 846 g/mol. The van der Waals surface area contributed by atoms with Gasteiger partial charge in [-0.1, -0.05) is 71.7 Å². The number of aromatic nitrogens is 4. The summed E-state index contributed by atoms with van der Waals surface area (Å²) >= 11 is 13.5. The van der Waals surface area contributed by atoms with Crippen molar-refractivity contribution in [3.05, 3.63) is 70.5 Å². The molecule has 7 atom stereocenters. The highest BCUT2D eigenvalue weighted by Crippen LogP contribution is 2.53. The van der Waals surface area contributed by atoms with E-state index in [0.717, 1.165) is 41.5 Å². The molecule has 2 aromatic heterocycles. The van der Waals surface area contributed by atoms with Crippen LogP contribution in [0.15, 0.2) is 48.5 Å². The highest BCUT2D eigenvalue weighted by atomic mass is 35.5. The standard InChI is InChI=1S/C42H48Cl2N8O7/c1-21-5-14-29(51(21)40(54)34(48-42(56)58-4)27-15-17-59-18-16-27)37-46-32(35(43)49-37)25-10-6-23(7-11-25)24-8-12-26(13-9-24)33-36(44)50-38(47-33)31-20-28-19-30(28)52(31)39(53)22(2)45-41(55)57-3/h6-13,21-22,27-31,34H,5,14-20H2,1-4H3,(H,45,55)(H,46,49)(H,47,50)(H,48,56)/t21?,22-,28?,29-,30+,31-,34-/m0/s1. The number of carbonyl (C=O) groups is 4. The van der Waals surface area contributed by atoms with Gasteiger partial charge in [0.15, 0.2) is 0 Å². The molecule has 4 aliphatic rings. The smallest absolute Gasteiger partial charge is 0.407 e. The van der Waals surface area contributed by atoms with E-state index >= 15 is 0 Å². The highest BCUT2D eigenvalue weighted by molar-refractivity contribution is 6.32. The molecule has 3 aliphatic heterocycles. The molecule has 59 heavy (non-hydrogen) atoms. The molecule has 2 unspecified atom stereocenters. The summed E-state index contributed by atoms with van der Waals surface area (Å²) in [4.78, 5) is 71.7. The van der Waals surface area contributed by atoms with E-state index < -0.39 is 24.3 Å². The molecule has 4 aromatic rings. The molecule has 1 aliphatic carbocycles. The number of fused-ring (bicyclic) bond motifs is 1. The van der Waals surface area contributed by atoms with Crippen LogP contribution in [0.2, 0.25) is 10.3 Å². The minimum absolute atomic E-state index is 0.0655. The van der Waals surface area contributed by atoms with Gasteiger partial charge in [0.25, 0.3) is 0 Å². The number of halogens is 2. The van der Waals surface area contributed by atoms with Crippen molar-refractivity contribution in [1.82, 2.24) is 40.4 Å². The van der Waals surface area contributed by atoms with Crippen LogP contribution in [0.5, 0.6) is 0 Å². The second-order valence-electron chi connectivity index (χ2n) is 15.9. The number of ether oxygens (including phenoxy) is 3. The number of hydrogen-bond donors (Lipinski definition) is 4. The summed E-state index contributed by atoms with van der Waals surface area (Å²) in [5, 5.41) is 6.15. The Labute approximate surface area is 351 Å². The van der Waals surface area contributed by atoms with Crippen LogP contribution in [0.25, 0.3) is 33.6 Å². The lowest BCUT2D eigenvalue weighted by Gasteiger charge is -2.36. The first-order valence-electron chi connectivity index (χ1n) is 20.1. The van der Waals surface area contributed by atoms with Crippen molar-refractivity contribution in [2.24, 2.45) is 11.8 Å². The van der Waals surface area contributed by atoms with Crippen molar-refractivity contribution < 1.29 is 33.4 Å². The summed E-state index contributed by atoms with van der Waals surface area (Å²) in [5.74, 6) is 1.19. The summed E-state index contributed by atoms with van der Waals surface area (Å²) < 4.78 is 15.1. The van der Waals surface area contributed by atoms with Crippen molar-refractivity contribution in [2.75, 3.05) is 27.4 Å². The number of piperidine rings is 1. The van der Waals surface area contributed by atoms with Crippen LogP contribution in [-0.2, 0) is 23.8 Å². The summed E-state index contributed by atoms with van der Waals surface area (Å²) in [7, 11) is 2.56. The molecule has 0 spiro atoms. The van der Waals surface area contributed by atoms with Gasteiger partial charge in [-0.05, 0) is 75.3 Å². The normalized spacial score (nSPS) is 23.7. The Morgan fingerprint density at radius 3 is 1.81 bits per heavy atom. The summed E-state index contributed by atoms with van der Waals surface area (Å²) in [6.45, 7) is 4.73. The molecule has 17 heteroatoms. The fourth-order valence-corrected chi connectivity index (χ4v) is 9.51. The van der Waals surface area contributed by atoms with E-state index in [1.54, 1.807) is 6.92 Å². The molecule has 4 amide bonds. The van der Waals surface area contributed by atoms with Crippen LogP contribution in [0.1, 0.15) is 76.1 Å². The lowest BCUT2D eigenvalue weighted by molar-refractivity contribution is -0.138. The zero-order chi connectivity index (χ0) is 41.5. The van der Waals surface area contributed by atoms with Gasteiger partial charge in [-0.2, -0.15) is 0 Å². The molecule has 312 valence electrons. The van der Waals surface area contributed by atoms with Crippen molar-refractivity contribution in [3.8, 4) is 33.6 Å². The third kappa shape index (κ3) is 8.12. The maximum absolute atomic E-state index is 14.2. The van der Waals surface area contributed by atoms with E-state index in [2.05, 4.69) is 25.3 Å². The van der Waals surface area contributed by atoms with Crippen LogP contribution in [0.3, 0.4) is 0 Å². The predicted octanol–water partition coefficient (Wildman–Crippen LogP) is 7.05. The van der Waals surface area contributed by atoms with Gasteiger partial charge in [0.05, 0.1) is 26.3 Å². The number of carbonyl (C=O) groups excluding carboxylic acids is 4. The number of hydrogen-bond acceptors (Lipinski definition) is 9. The fraction of sp³-hybridized carbons (Fsp3) is 0.476. The number of aromatic amines is 2. The molecular formula is C42H48Cl2N8O7. The maximum Gasteiger partial charge on any atom is 0.407 e. The van der Waals surface area contributed by atoms with Crippen LogP contribution in [-0.4, -0.2) is 105 Å². The van der Waals surface area contributed by atoms with Gasteiger partial charge < -0.3 is 44.6 Å². The topological polar surface area (TPSA) is 184 Å². The van der Waals surface area contributed by atoms with E-state index in [1.165, 1.54) is 14.2 Å². The first-order chi connectivity index (χ1) is 28.4. The SMILES string of the molecule is COC(=O)N[C@@H](C)C(=O)N1[C@@H]2CC2C[C@H]1c1nc(-c2ccc(-c3ccc(-c4nc([C@@H]5CCC(C)N5C(=O)[C@@H](NC(=O)OC)C5CCOCC5)[nH]c4Cl)cc3)cc2)c(Cl)[nH]1. The first kappa shape index (κ1) is 40.7. The van der Waals surface area contributed by atoms with Crippen LogP contribution >= 0.6 is 23.2 Å². The molecule has 4 N–H and O–H groups in total. The number of nitrogens with one attached hydrogen (secondary N) is 4. The van der Waals surface area contributed by atoms with Gasteiger partial charge in [-0.15, -0.1) is 0 Å². The zero-order valence-corrected chi connectivity index (χ0v) is 34.8. The average Bonchev–Trinajstić information content (AvgIpc) is 3.56. The van der Waals surface area contributed by atoms with Gasteiger partial charge in [-0.3, -0.25) is 9.59 Å². The minimum atomic E-state index is -0.742. The molecule has 8 rings (SSSR count). The van der Waals surface area contributed by atoms with Crippen molar-refractivity contribution >= 4 is 47.2 Å². The molecule has 0 bridgehead atoms. The average molecular weight is 848 g/mol. The van der Waals surface area contributed by atoms with Crippen LogP contribution < -0.4 is 10.6 Å². The molecule has 2 aromatic carbocycles. The van der Waals surface area contributed by atoms with Gasteiger partial charge in [0.2, 0.25) is 11.8 Å². The number of imidazole rings is 2. The Morgan fingerprint density at radius 2 is 1.25 bits per heavy atom. The van der Waals surface area contributed by atoms with E-state index in [0.29, 0.717) is 71.7 Å². The van der Waals surface area contributed by atoms with Crippen LogP contribution in [0.4, 0.5) is 9.59 Å². The van der Waals surface area contributed by atoms with E-state index in [4.69, 9.17) is 42.6 Å². The maximum atomic E-state index is 14.2. The third-order valence-corrected chi connectivity index (χ3v) is 12.8. The fourth-order valence-electron chi connectivity index (χ4n) is 9.02. The Hall–Kier alpha value is -5.12. The largest absolute Gasteiger partial charge is 0.453 e. The van der Waals surface area contributed by atoms with Crippen LogP contribution in [0, 0.1) is 11.8 Å². The number of alkyl carbamates (subject to hydrolysis) is 2. The highest BCUT2D eigenvalue weighted by Gasteiger charge is 2.56. The third-order valence-electron chi connectivity index (χ3n) is 12.3. The van der Waals surface area contributed by atoms with Crippen molar-refractivity contribution in [1.29, 1.82) is 0 Å². The van der Waals surface area contributed by atoms with Crippen molar-refractivity contribution in [3.63, 3.8) is 0 Å². The summed E-state index contributed by atoms with van der Waals surface area (Å²) in [6, 6.07) is 13.8. The molecule has 3 saturated heterocycles. The number of likely N-dealkylation sites (tertiary alicyclic amines) is 2. The van der Waals surface area contributed by atoms with Crippen molar-refractivity contribution in [2.45, 2.75) is 88.6 Å². The number of methoxy groups -OCH3 is 2. The van der Waals surface area contributed by atoms with Gasteiger partial charge in [0.1, 0.15) is 45.4 Å². The number of nitrogens with zero attached hydrogens (tertiary/aromatic N) is 4. The molecule has 4 fully saturated rings. The molecular weight excluding hydrogens is 799 g/mol. The second kappa shape index (κ2) is 16.9. The Balaban J connectivity index is 0.958. The molecule has 0 radical (unpaired) electrons.